The molecule has 0 radical (unpaired) electrons. The Morgan fingerprint density at radius 2 is 1.03 bits per heavy atom. The molecule has 0 heterocycles. The number of phenols is 1. The van der Waals surface area contributed by atoms with Crippen molar-refractivity contribution in [1.82, 2.24) is 0 Å². The van der Waals surface area contributed by atoms with E-state index in [-0.39, 0.29) is 11.2 Å². The molecule has 0 spiro atoms. The van der Waals surface area contributed by atoms with Crippen LogP contribution in [0.1, 0.15) is 88.5 Å². The first kappa shape index (κ1) is 30.9. The zero-order valence-electron chi connectivity index (χ0n) is 24.8. The molecule has 0 fully saturated rings. The van der Waals surface area contributed by atoms with Crippen molar-refractivity contribution in [1.29, 1.82) is 0 Å². The smallest absolute Gasteiger partial charge is 0.119 e. The number of hydrogen-bond acceptors (Lipinski definition) is 3. The lowest BCUT2D eigenvalue weighted by molar-refractivity contribution is -0.0231. The summed E-state index contributed by atoms with van der Waals surface area (Å²) in [4.78, 5) is 0. The summed E-state index contributed by atoms with van der Waals surface area (Å²) in [5, 5.41) is 10.8. The maximum atomic E-state index is 10.8. The molecule has 3 aromatic carbocycles. The number of hydrogen-bond donors (Lipinski definition) is 1. The van der Waals surface area contributed by atoms with Gasteiger partial charge in [-0.3, -0.25) is 0 Å². The molecule has 3 nitrogen and oxygen atoms in total. The molecule has 0 aromatic heterocycles. The van der Waals surface area contributed by atoms with E-state index in [0.717, 1.165) is 62.9 Å². The second-order valence-corrected chi connectivity index (χ2v) is 12.1. The summed E-state index contributed by atoms with van der Waals surface area (Å²) in [5.74, 6) is 0.351. The van der Waals surface area contributed by atoms with Gasteiger partial charge in [-0.2, -0.15) is 0 Å². The molecule has 0 saturated heterocycles. The second-order valence-electron chi connectivity index (χ2n) is 12.1. The van der Waals surface area contributed by atoms with E-state index in [1.54, 1.807) is 6.07 Å². The van der Waals surface area contributed by atoms with Gasteiger partial charge in [-0.25, -0.2) is 0 Å². The third-order valence-electron chi connectivity index (χ3n) is 7.36. The van der Waals surface area contributed by atoms with E-state index in [4.69, 9.17) is 9.47 Å². The van der Waals surface area contributed by atoms with Crippen molar-refractivity contribution in [3.63, 3.8) is 0 Å². The lowest BCUT2D eigenvalue weighted by Gasteiger charge is -2.30. The third-order valence-corrected chi connectivity index (χ3v) is 7.36. The Balaban J connectivity index is 1.41. The molecular formula is C36H50O3. The van der Waals surface area contributed by atoms with Crippen LogP contribution in [0.25, 0.3) is 0 Å². The maximum absolute atomic E-state index is 10.8. The predicted octanol–water partition coefficient (Wildman–Crippen LogP) is 8.89. The molecule has 39 heavy (non-hydrogen) atoms. The first-order valence-electron chi connectivity index (χ1n) is 14.9. The van der Waals surface area contributed by atoms with Gasteiger partial charge in [-0.05, 0) is 94.5 Å². The average Bonchev–Trinajstić information content (AvgIpc) is 2.91. The Kier molecular flexibility index (Phi) is 12.6. The van der Waals surface area contributed by atoms with Crippen molar-refractivity contribution < 1.29 is 14.6 Å². The molecule has 0 aliphatic carbocycles. The third kappa shape index (κ3) is 12.0. The fourth-order valence-corrected chi connectivity index (χ4v) is 5.18. The largest absolute Gasteiger partial charge is 0.508 e. The lowest BCUT2D eigenvalue weighted by atomic mass is 9.88. The van der Waals surface area contributed by atoms with Gasteiger partial charge in [0.05, 0.1) is 11.2 Å². The SMILES string of the molecule is CC(C)(Cc1cccc(O)c1CC(C)(C)OCCCCCc1ccccc1)OCCCCCc1ccccc1. The Hall–Kier alpha value is -2.62. The fourth-order valence-electron chi connectivity index (χ4n) is 5.18. The van der Waals surface area contributed by atoms with Crippen LogP contribution >= 0.6 is 0 Å². The van der Waals surface area contributed by atoms with E-state index in [1.807, 2.05) is 6.07 Å². The van der Waals surface area contributed by atoms with Gasteiger partial charge in [0.1, 0.15) is 5.75 Å². The van der Waals surface area contributed by atoms with Crippen molar-refractivity contribution >= 4 is 0 Å². The van der Waals surface area contributed by atoms with E-state index < -0.39 is 0 Å². The van der Waals surface area contributed by atoms with E-state index in [2.05, 4.69) is 94.4 Å². The van der Waals surface area contributed by atoms with Gasteiger partial charge in [0.25, 0.3) is 0 Å². The van der Waals surface area contributed by atoms with Gasteiger partial charge in [-0.1, -0.05) is 85.6 Å². The molecule has 3 aromatic rings. The summed E-state index contributed by atoms with van der Waals surface area (Å²) in [6.45, 7) is 10.1. The Morgan fingerprint density at radius 3 is 1.54 bits per heavy atom. The van der Waals surface area contributed by atoms with Crippen LogP contribution in [-0.4, -0.2) is 29.5 Å². The van der Waals surface area contributed by atoms with Gasteiger partial charge in [0, 0.05) is 26.1 Å². The van der Waals surface area contributed by atoms with E-state index >= 15 is 0 Å². The first-order valence-corrected chi connectivity index (χ1v) is 14.9. The van der Waals surface area contributed by atoms with Gasteiger partial charge >= 0.3 is 0 Å². The summed E-state index contributed by atoms with van der Waals surface area (Å²) >= 11 is 0. The number of rotatable bonds is 18. The predicted molar refractivity (Wildman–Crippen MR) is 164 cm³/mol. The molecule has 0 atom stereocenters. The number of phenolic OH excluding ortho intramolecular Hbond substituents is 1. The number of aryl methyl sites for hydroxylation is 2. The van der Waals surface area contributed by atoms with Crippen molar-refractivity contribution in [2.24, 2.45) is 0 Å². The molecule has 0 unspecified atom stereocenters. The zero-order valence-corrected chi connectivity index (χ0v) is 24.8. The topological polar surface area (TPSA) is 38.7 Å². The van der Waals surface area contributed by atoms with Crippen molar-refractivity contribution in [3.8, 4) is 5.75 Å². The lowest BCUT2D eigenvalue weighted by Crippen LogP contribution is -2.31. The average molecular weight is 531 g/mol. The molecule has 0 amide bonds. The Morgan fingerprint density at radius 1 is 0.538 bits per heavy atom. The molecule has 0 saturated carbocycles. The van der Waals surface area contributed by atoms with E-state index in [1.165, 1.54) is 30.4 Å². The summed E-state index contributed by atoms with van der Waals surface area (Å²) in [5.41, 5.74) is 4.28. The molecule has 0 bridgehead atoms. The summed E-state index contributed by atoms with van der Waals surface area (Å²) in [7, 11) is 0. The first-order chi connectivity index (χ1) is 18.7. The Labute approximate surface area is 237 Å². The van der Waals surface area contributed by atoms with Crippen LogP contribution in [0.15, 0.2) is 78.9 Å². The Bertz CT molecular complexity index is 1070. The van der Waals surface area contributed by atoms with Crippen molar-refractivity contribution in [3.05, 3.63) is 101 Å². The highest BCUT2D eigenvalue weighted by atomic mass is 16.5. The van der Waals surface area contributed by atoms with Crippen molar-refractivity contribution in [2.45, 2.75) is 103 Å². The number of aromatic hydroxyl groups is 1. The molecule has 1 N–H and O–H groups in total. The highest BCUT2D eigenvalue weighted by Crippen LogP contribution is 2.31. The highest BCUT2D eigenvalue weighted by Gasteiger charge is 2.26. The highest BCUT2D eigenvalue weighted by molar-refractivity contribution is 5.41. The maximum Gasteiger partial charge on any atom is 0.119 e. The van der Waals surface area contributed by atoms with Gasteiger partial charge in [0.15, 0.2) is 0 Å². The van der Waals surface area contributed by atoms with Crippen LogP contribution in [0.4, 0.5) is 0 Å². The summed E-state index contributed by atoms with van der Waals surface area (Å²) in [6.07, 6.45) is 10.5. The minimum Gasteiger partial charge on any atom is -0.508 e. The minimum atomic E-state index is -0.350. The quantitative estimate of drug-likeness (QED) is 0.167. The van der Waals surface area contributed by atoms with Crippen molar-refractivity contribution in [2.75, 3.05) is 13.2 Å². The number of unbranched alkanes of at least 4 members (excludes halogenated alkanes) is 4. The molecule has 0 aliphatic rings. The molecule has 3 heteroatoms. The van der Waals surface area contributed by atoms with Crippen LogP contribution in [0.2, 0.25) is 0 Å². The summed E-state index contributed by atoms with van der Waals surface area (Å²) in [6, 6.07) is 27.2. The standard InChI is InChI=1S/C36H50O3/c1-35(2,38-26-15-7-13-22-30-18-9-5-10-19-30)28-32-24-17-25-34(37)33(32)29-36(3,4)39-27-16-8-14-23-31-20-11-6-12-21-31/h5-6,9-12,17-21,24-25,37H,7-8,13-16,22-23,26-29H2,1-4H3. The normalized spacial score (nSPS) is 12.1. The summed E-state index contributed by atoms with van der Waals surface area (Å²) < 4.78 is 12.6. The minimum absolute atomic E-state index is 0.300. The number of benzene rings is 3. The van der Waals surface area contributed by atoms with Crippen LogP contribution in [0.3, 0.4) is 0 Å². The molecular weight excluding hydrogens is 480 g/mol. The molecule has 0 aliphatic heterocycles. The molecule has 212 valence electrons. The van der Waals surface area contributed by atoms with Crippen LogP contribution in [0, 0.1) is 0 Å². The second kappa shape index (κ2) is 15.8. The zero-order chi connectivity index (χ0) is 28.0. The fraction of sp³-hybridized carbons (Fsp3) is 0.500. The van der Waals surface area contributed by atoms with Crippen LogP contribution in [0.5, 0.6) is 5.75 Å². The van der Waals surface area contributed by atoms with Gasteiger partial charge in [-0.15, -0.1) is 0 Å². The monoisotopic (exact) mass is 530 g/mol. The van der Waals surface area contributed by atoms with Crippen LogP contribution < -0.4 is 0 Å². The van der Waals surface area contributed by atoms with Gasteiger partial charge < -0.3 is 14.6 Å². The van der Waals surface area contributed by atoms with Gasteiger partial charge in [0.2, 0.25) is 0 Å². The number of ether oxygens (including phenoxy) is 2. The van der Waals surface area contributed by atoms with E-state index in [9.17, 15) is 5.11 Å². The van der Waals surface area contributed by atoms with Crippen LogP contribution in [-0.2, 0) is 35.2 Å². The molecule has 3 rings (SSSR count). The van der Waals surface area contributed by atoms with E-state index in [0.29, 0.717) is 12.2 Å².